The average Bonchev–Trinajstić information content (AvgIpc) is 2.35. The van der Waals surface area contributed by atoms with Gasteiger partial charge in [-0.3, -0.25) is 4.79 Å². The molecule has 1 unspecified atom stereocenters. The smallest absolute Gasteiger partial charge is 0.166 e. The molecule has 1 aromatic rings. The largest absolute Gasteiger partial charge is 0.496 e. The quantitative estimate of drug-likeness (QED) is 0.796. The molecule has 3 nitrogen and oxygen atoms in total. The van der Waals surface area contributed by atoms with Crippen LogP contribution in [0.1, 0.15) is 30.1 Å². The zero-order valence-corrected chi connectivity index (χ0v) is 11.0. The molecule has 1 rings (SSSR count). The number of carbonyl (C=O) groups is 1. The summed E-state index contributed by atoms with van der Waals surface area (Å²) in [4.78, 5) is 12.0. The Morgan fingerprint density at radius 1 is 1.53 bits per heavy atom. The van der Waals surface area contributed by atoms with Gasteiger partial charge in [0.15, 0.2) is 5.78 Å². The van der Waals surface area contributed by atoms with Crippen LogP contribution in [0.2, 0.25) is 5.02 Å². The number of Topliss-reactive ketones (excluding diaryl/α,β-unsaturated/α-hetero) is 1. The average molecular weight is 256 g/mol. The van der Waals surface area contributed by atoms with Crippen molar-refractivity contribution in [1.82, 2.24) is 0 Å². The molecule has 0 saturated heterocycles. The molecule has 0 bridgehead atoms. The monoisotopic (exact) mass is 255 g/mol. The van der Waals surface area contributed by atoms with Crippen LogP contribution in [0.15, 0.2) is 18.2 Å². The summed E-state index contributed by atoms with van der Waals surface area (Å²) >= 11 is 5.88. The molecule has 17 heavy (non-hydrogen) atoms. The number of benzene rings is 1. The molecule has 0 heterocycles. The van der Waals surface area contributed by atoms with Gasteiger partial charge in [0.1, 0.15) is 5.75 Å². The maximum Gasteiger partial charge on any atom is 0.166 e. The highest BCUT2D eigenvalue weighted by molar-refractivity contribution is 6.31. The summed E-state index contributed by atoms with van der Waals surface area (Å²) in [7, 11) is 1.54. The van der Waals surface area contributed by atoms with Gasteiger partial charge in [-0.05, 0) is 37.1 Å². The Kier molecular flexibility index (Phi) is 5.45. The van der Waals surface area contributed by atoms with Crippen molar-refractivity contribution in [3.8, 4) is 5.75 Å². The van der Waals surface area contributed by atoms with Gasteiger partial charge in [-0.1, -0.05) is 18.5 Å². The molecule has 0 saturated carbocycles. The Morgan fingerprint density at radius 2 is 2.24 bits per heavy atom. The number of ketones is 1. The van der Waals surface area contributed by atoms with Crippen LogP contribution in [0.25, 0.3) is 0 Å². The van der Waals surface area contributed by atoms with Gasteiger partial charge in [-0.15, -0.1) is 0 Å². The van der Waals surface area contributed by atoms with Crippen molar-refractivity contribution in [1.29, 1.82) is 0 Å². The molecule has 0 aliphatic carbocycles. The lowest BCUT2D eigenvalue weighted by atomic mass is 9.99. The predicted molar refractivity (Wildman–Crippen MR) is 69.8 cm³/mol. The van der Waals surface area contributed by atoms with E-state index in [2.05, 4.69) is 0 Å². The van der Waals surface area contributed by atoms with Crippen LogP contribution in [0.3, 0.4) is 0 Å². The summed E-state index contributed by atoms with van der Waals surface area (Å²) in [6.45, 7) is 2.63. The normalized spacial score (nSPS) is 12.2. The lowest BCUT2D eigenvalue weighted by Crippen LogP contribution is -2.12. The molecule has 1 atom stereocenters. The zero-order valence-electron chi connectivity index (χ0n) is 10.2. The molecule has 4 heteroatoms. The molecule has 0 aromatic heterocycles. The van der Waals surface area contributed by atoms with E-state index in [-0.39, 0.29) is 5.78 Å². The molecule has 0 fully saturated rings. The van der Waals surface area contributed by atoms with Crippen molar-refractivity contribution in [3.63, 3.8) is 0 Å². The van der Waals surface area contributed by atoms with Crippen LogP contribution >= 0.6 is 11.6 Å². The predicted octanol–water partition coefficient (Wildman–Crippen LogP) is 2.91. The topological polar surface area (TPSA) is 52.3 Å². The molecule has 94 valence electrons. The van der Waals surface area contributed by atoms with Crippen molar-refractivity contribution >= 4 is 17.4 Å². The van der Waals surface area contributed by atoms with Crippen LogP contribution in [0.5, 0.6) is 5.75 Å². The third-order valence-electron chi connectivity index (χ3n) is 2.73. The fourth-order valence-corrected chi connectivity index (χ4v) is 1.70. The van der Waals surface area contributed by atoms with E-state index in [0.717, 1.165) is 6.42 Å². The van der Waals surface area contributed by atoms with Crippen LogP contribution in [0, 0.1) is 5.92 Å². The summed E-state index contributed by atoms with van der Waals surface area (Å²) in [6, 6.07) is 5.07. The van der Waals surface area contributed by atoms with Gasteiger partial charge in [0.25, 0.3) is 0 Å². The van der Waals surface area contributed by atoms with Gasteiger partial charge in [0, 0.05) is 11.4 Å². The Hall–Kier alpha value is -1.06. The lowest BCUT2D eigenvalue weighted by molar-refractivity contribution is 0.0972. The highest BCUT2D eigenvalue weighted by Crippen LogP contribution is 2.24. The SMILES string of the molecule is COc1ccc(Cl)cc1C(=O)CCC(C)CN. The minimum Gasteiger partial charge on any atom is -0.496 e. The van der Waals surface area contributed by atoms with Gasteiger partial charge in [0.2, 0.25) is 0 Å². The summed E-state index contributed by atoms with van der Waals surface area (Å²) < 4.78 is 5.15. The third-order valence-corrected chi connectivity index (χ3v) is 2.96. The molecule has 0 aliphatic heterocycles. The highest BCUT2D eigenvalue weighted by atomic mass is 35.5. The van der Waals surface area contributed by atoms with E-state index in [1.165, 1.54) is 0 Å². The zero-order chi connectivity index (χ0) is 12.8. The molecular weight excluding hydrogens is 238 g/mol. The van der Waals surface area contributed by atoms with Crippen LogP contribution in [0.4, 0.5) is 0 Å². The van der Waals surface area contributed by atoms with E-state index >= 15 is 0 Å². The van der Waals surface area contributed by atoms with Crippen molar-refractivity contribution < 1.29 is 9.53 Å². The van der Waals surface area contributed by atoms with E-state index in [1.54, 1.807) is 25.3 Å². The van der Waals surface area contributed by atoms with Crippen LogP contribution in [-0.4, -0.2) is 19.4 Å². The fourth-order valence-electron chi connectivity index (χ4n) is 1.53. The number of nitrogens with two attached hydrogens (primary N) is 1. The van der Waals surface area contributed by atoms with Gasteiger partial charge in [-0.2, -0.15) is 0 Å². The van der Waals surface area contributed by atoms with Crippen LogP contribution < -0.4 is 10.5 Å². The van der Waals surface area contributed by atoms with Crippen molar-refractivity contribution in [2.24, 2.45) is 11.7 Å². The number of hydrogen-bond donors (Lipinski definition) is 1. The maximum atomic E-state index is 12.0. The van der Waals surface area contributed by atoms with Crippen molar-refractivity contribution in [3.05, 3.63) is 28.8 Å². The number of halogens is 1. The minimum atomic E-state index is 0.0460. The molecule has 0 amide bonds. The Morgan fingerprint density at radius 3 is 2.82 bits per heavy atom. The Bertz CT molecular complexity index is 393. The number of ether oxygens (including phenoxy) is 1. The second-order valence-corrected chi connectivity index (χ2v) is 4.58. The second-order valence-electron chi connectivity index (χ2n) is 4.15. The maximum absolute atomic E-state index is 12.0. The third kappa shape index (κ3) is 4.02. The molecular formula is C13H18ClNO2. The van der Waals surface area contributed by atoms with Gasteiger partial charge in [-0.25, -0.2) is 0 Å². The summed E-state index contributed by atoms with van der Waals surface area (Å²) in [5, 5.41) is 0.543. The van der Waals surface area contributed by atoms with Crippen LogP contribution in [-0.2, 0) is 0 Å². The molecule has 0 aliphatic rings. The first-order valence-electron chi connectivity index (χ1n) is 5.65. The van der Waals surface area contributed by atoms with Gasteiger partial charge >= 0.3 is 0 Å². The number of rotatable bonds is 6. The van der Waals surface area contributed by atoms with Crippen molar-refractivity contribution in [2.45, 2.75) is 19.8 Å². The number of carbonyl (C=O) groups excluding carboxylic acids is 1. The summed E-state index contributed by atoms with van der Waals surface area (Å²) in [6.07, 6.45) is 1.25. The van der Waals surface area contributed by atoms with E-state index in [4.69, 9.17) is 22.1 Å². The second kappa shape index (κ2) is 6.62. The minimum absolute atomic E-state index is 0.0460. The van der Waals surface area contributed by atoms with Crippen molar-refractivity contribution in [2.75, 3.05) is 13.7 Å². The highest BCUT2D eigenvalue weighted by Gasteiger charge is 2.13. The molecule has 0 spiro atoms. The van der Waals surface area contributed by atoms with Gasteiger partial charge in [0.05, 0.1) is 12.7 Å². The van der Waals surface area contributed by atoms with E-state index in [1.807, 2.05) is 6.92 Å². The molecule has 1 aromatic carbocycles. The van der Waals surface area contributed by atoms with E-state index < -0.39 is 0 Å². The summed E-state index contributed by atoms with van der Waals surface area (Å²) in [5.41, 5.74) is 6.07. The molecule has 2 N–H and O–H groups in total. The standard InChI is InChI=1S/C13H18ClNO2/c1-9(8-15)3-5-12(16)11-7-10(14)4-6-13(11)17-2/h4,6-7,9H,3,5,8,15H2,1-2H3. The first-order chi connectivity index (χ1) is 8.08. The first kappa shape index (κ1) is 14.0. The summed E-state index contributed by atoms with van der Waals surface area (Å²) in [5.74, 6) is 0.966. The first-order valence-corrected chi connectivity index (χ1v) is 6.03. The van der Waals surface area contributed by atoms with Gasteiger partial charge < -0.3 is 10.5 Å². The fraction of sp³-hybridized carbons (Fsp3) is 0.462. The Labute approximate surface area is 107 Å². The van der Waals surface area contributed by atoms with E-state index in [9.17, 15) is 4.79 Å². The Balaban J connectivity index is 2.77. The number of methoxy groups -OCH3 is 1. The van der Waals surface area contributed by atoms with E-state index in [0.29, 0.717) is 35.2 Å². The number of hydrogen-bond acceptors (Lipinski definition) is 3. The molecule has 0 radical (unpaired) electrons. The lowest BCUT2D eigenvalue weighted by Gasteiger charge is -2.10.